The first-order chi connectivity index (χ1) is 16.8. The first kappa shape index (κ1) is 23.6. The van der Waals surface area contributed by atoms with E-state index in [2.05, 4.69) is 104 Å². The molecule has 1 aliphatic heterocycles. The average Bonchev–Trinajstić information content (AvgIpc) is 3.34. The van der Waals surface area contributed by atoms with Crippen molar-refractivity contribution in [1.82, 2.24) is 14.9 Å². The van der Waals surface area contributed by atoms with Crippen LogP contribution in [0.5, 0.6) is 0 Å². The highest BCUT2D eigenvalue weighted by atomic mass is 79.9. The van der Waals surface area contributed by atoms with Crippen LogP contribution < -0.4 is 15.1 Å². The molecule has 0 aliphatic carbocycles. The van der Waals surface area contributed by atoms with Crippen molar-refractivity contribution in [2.24, 2.45) is 0 Å². The highest BCUT2D eigenvalue weighted by Gasteiger charge is 2.42. The summed E-state index contributed by atoms with van der Waals surface area (Å²) in [4.78, 5) is 9.04. The number of aromatic nitrogens is 2. The van der Waals surface area contributed by atoms with E-state index < -0.39 is 0 Å². The summed E-state index contributed by atoms with van der Waals surface area (Å²) in [5, 5.41) is 4.28. The van der Waals surface area contributed by atoms with Gasteiger partial charge in [0.05, 0.1) is 17.8 Å². The molecule has 0 saturated carbocycles. The number of hydrogen-bond acceptors (Lipinski definition) is 3. The number of anilines is 2. The molecule has 1 N–H and O–H groups in total. The lowest BCUT2D eigenvalue weighted by Crippen LogP contribution is -2.29. The lowest BCUT2D eigenvalue weighted by Gasteiger charge is -2.28. The van der Waals surface area contributed by atoms with E-state index in [9.17, 15) is 0 Å². The van der Waals surface area contributed by atoms with Crippen LogP contribution in [0.25, 0.3) is 5.69 Å². The molecule has 4 aromatic rings. The Morgan fingerprint density at radius 3 is 2.37 bits per heavy atom. The Labute approximate surface area is 220 Å². The highest BCUT2D eigenvalue weighted by molar-refractivity contribution is 9.10. The molecule has 0 spiro atoms. The average molecular weight is 547 g/mol. The Hall–Kier alpha value is -3.16. The number of pyridine rings is 1. The van der Waals surface area contributed by atoms with E-state index in [-0.39, 0.29) is 12.1 Å². The van der Waals surface area contributed by atoms with Gasteiger partial charge in [-0.1, -0.05) is 28.1 Å². The van der Waals surface area contributed by atoms with Gasteiger partial charge in [0, 0.05) is 53.2 Å². The molecule has 0 unspecified atom stereocenters. The third-order valence-electron chi connectivity index (χ3n) is 6.60. The molecule has 0 bridgehead atoms. The standard InChI is InChI=1S/C28H28BrN5S/c1-18-16-24(19(2)33(18)23-9-7-8-20(29)17-23)27-26(25-10-5-6-15-30-25)31-28(35)34(27)22-13-11-21(12-14-22)32(3)4/h5-17,26-27H,1-4H3,(H,31,35)/t26-,27-/m1/s1. The highest BCUT2D eigenvalue weighted by Crippen LogP contribution is 2.44. The fraction of sp³-hybridized carbons (Fsp3) is 0.214. The number of thiocarbonyl (C=S) groups is 1. The van der Waals surface area contributed by atoms with Gasteiger partial charge in [0.25, 0.3) is 0 Å². The van der Waals surface area contributed by atoms with E-state index in [1.54, 1.807) is 0 Å². The molecule has 0 amide bonds. The van der Waals surface area contributed by atoms with Crippen molar-refractivity contribution in [3.63, 3.8) is 0 Å². The number of hydrogen-bond donors (Lipinski definition) is 1. The van der Waals surface area contributed by atoms with Gasteiger partial charge >= 0.3 is 0 Å². The molecule has 178 valence electrons. The minimum atomic E-state index is -0.0753. The molecule has 2 aromatic heterocycles. The van der Waals surface area contributed by atoms with Gasteiger partial charge in [-0.25, -0.2) is 0 Å². The summed E-state index contributed by atoms with van der Waals surface area (Å²) >= 11 is 9.54. The first-order valence-electron chi connectivity index (χ1n) is 11.6. The van der Waals surface area contributed by atoms with Crippen LogP contribution in [0.4, 0.5) is 11.4 Å². The Balaban J connectivity index is 1.66. The Morgan fingerprint density at radius 1 is 0.943 bits per heavy atom. The van der Waals surface area contributed by atoms with Crippen LogP contribution in [0.3, 0.4) is 0 Å². The zero-order valence-corrected chi connectivity index (χ0v) is 22.6. The van der Waals surface area contributed by atoms with E-state index in [1.165, 1.54) is 17.0 Å². The maximum Gasteiger partial charge on any atom is 0.174 e. The van der Waals surface area contributed by atoms with E-state index in [0.29, 0.717) is 5.11 Å². The van der Waals surface area contributed by atoms with E-state index in [1.807, 2.05) is 38.5 Å². The zero-order chi connectivity index (χ0) is 24.7. The smallest absolute Gasteiger partial charge is 0.174 e. The van der Waals surface area contributed by atoms with Crippen molar-refractivity contribution in [3.8, 4) is 5.69 Å². The molecule has 2 atom stereocenters. The van der Waals surface area contributed by atoms with Crippen molar-refractivity contribution in [2.45, 2.75) is 25.9 Å². The largest absolute Gasteiger partial charge is 0.378 e. The molecule has 7 heteroatoms. The topological polar surface area (TPSA) is 36.3 Å². The third kappa shape index (κ3) is 4.34. The maximum atomic E-state index is 5.92. The zero-order valence-electron chi connectivity index (χ0n) is 20.2. The van der Waals surface area contributed by atoms with Gasteiger partial charge < -0.3 is 19.7 Å². The van der Waals surface area contributed by atoms with Crippen LogP contribution in [0, 0.1) is 13.8 Å². The molecular weight excluding hydrogens is 518 g/mol. The summed E-state index contributed by atoms with van der Waals surface area (Å²) in [5.41, 5.74) is 7.90. The third-order valence-corrected chi connectivity index (χ3v) is 7.41. The van der Waals surface area contributed by atoms with Crippen LogP contribution in [0.2, 0.25) is 0 Å². The normalized spacial score (nSPS) is 17.5. The van der Waals surface area contributed by atoms with Gasteiger partial charge in [-0.2, -0.15) is 0 Å². The molecule has 2 aromatic carbocycles. The van der Waals surface area contributed by atoms with E-state index in [0.717, 1.165) is 27.2 Å². The second-order valence-corrected chi connectivity index (χ2v) is 10.4. The van der Waals surface area contributed by atoms with Crippen LogP contribution in [0.1, 0.15) is 34.7 Å². The number of rotatable bonds is 5. The van der Waals surface area contributed by atoms with Crippen LogP contribution in [-0.4, -0.2) is 28.8 Å². The van der Waals surface area contributed by atoms with Crippen LogP contribution >= 0.6 is 28.1 Å². The molecule has 5 nitrogen and oxygen atoms in total. The predicted molar refractivity (Wildman–Crippen MR) is 152 cm³/mol. The van der Waals surface area contributed by atoms with Gasteiger partial charge in [0.15, 0.2) is 5.11 Å². The summed E-state index contributed by atoms with van der Waals surface area (Å²) in [6.45, 7) is 4.34. The minimum Gasteiger partial charge on any atom is -0.378 e. The molecule has 5 rings (SSSR count). The Kier molecular flexibility index (Phi) is 6.38. The molecular formula is C28H28BrN5S. The number of benzene rings is 2. The Bertz CT molecular complexity index is 1360. The van der Waals surface area contributed by atoms with Crippen molar-refractivity contribution >= 4 is 44.6 Å². The lowest BCUT2D eigenvalue weighted by molar-refractivity contribution is 0.565. The number of aryl methyl sites for hydroxylation is 1. The van der Waals surface area contributed by atoms with Crippen molar-refractivity contribution in [2.75, 3.05) is 23.9 Å². The van der Waals surface area contributed by atoms with Crippen LogP contribution in [0.15, 0.2) is 83.5 Å². The maximum absolute atomic E-state index is 5.92. The van der Waals surface area contributed by atoms with E-state index >= 15 is 0 Å². The molecule has 0 radical (unpaired) electrons. The van der Waals surface area contributed by atoms with Gasteiger partial charge in [-0.15, -0.1) is 0 Å². The Morgan fingerprint density at radius 2 is 1.71 bits per heavy atom. The lowest BCUT2D eigenvalue weighted by atomic mass is 9.96. The molecule has 1 fully saturated rings. The summed E-state index contributed by atoms with van der Waals surface area (Å²) in [7, 11) is 4.10. The number of halogens is 1. The number of nitrogens with zero attached hydrogens (tertiary/aromatic N) is 4. The summed E-state index contributed by atoms with van der Waals surface area (Å²) in [6.07, 6.45) is 1.84. The molecule has 3 heterocycles. The second kappa shape index (κ2) is 9.47. The van der Waals surface area contributed by atoms with Crippen LogP contribution in [-0.2, 0) is 0 Å². The van der Waals surface area contributed by atoms with Crippen molar-refractivity contribution in [1.29, 1.82) is 0 Å². The van der Waals surface area contributed by atoms with Gasteiger partial charge in [0.2, 0.25) is 0 Å². The quantitative estimate of drug-likeness (QED) is 0.290. The monoisotopic (exact) mass is 545 g/mol. The van der Waals surface area contributed by atoms with Gasteiger partial charge in [0.1, 0.15) is 0 Å². The summed E-state index contributed by atoms with van der Waals surface area (Å²) < 4.78 is 3.37. The molecule has 1 aliphatic rings. The molecule has 35 heavy (non-hydrogen) atoms. The minimum absolute atomic E-state index is 0.0466. The SMILES string of the molecule is Cc1cc([C@@H]2[C@@H](c3ccccn3)NC(=S)N2c2ccc(N(C)C)cc2)c(C)n1-c1cccc(Br)c1. The number of nitrogens with one attached hydrogen (secondary N) is 1. The second-order valence-electron chi connectivity index (χ2n) is 9.05. The summed E-state index contributed by atoms with van der Waals surface area (Å²) in [5.74, 6) is 0. The molecule has 1 saturated heterocycles. The van der Waals surface area contributed by atoms with E-state index in [4.69, 9.17) is 17.2 Å². The fourth-order valence-corrected chi connectivity index (χ4v) is 5.69. The fourth-order valence-electron chi connectivity index (χ4n) is 4.96. The van der Waals surface area contributed by atoms with Gasteiger partial charge in [-0.05, 0) is 92.3 Å². The van der Waals surface area contributed by atoms with Crippen molar-refractivity contribution in [3.05, 3.63) is 106 Å². The predicted octanol–water partition coefficient (Wildman–Crippen LogP) is 6.49. The van der Waals surface area contributed by atoms with Gasteiger partial charge in [-0.3, -0.25) is 4.98 Å². The summed E-state index contributed by atoms with van der Waals surface area (Å²) in [6, 6.07) is 25.2. The van der Waals surface area contributed by atoms with Crippen molar-refractivity contribution < 1.29 is 0 Å². The first-order valence-corrected chi connectivity index (χ1v) is 12.8.